The Labute approximate surface area is 110 Å². The van der Waals surface area contributed by atoms with Crippen LogP contribution in [0.1, 0.15) is 6.92 Å². The SMILES string of the molecule is COc1cccc(S(=O)(=O)C(C)CCl)c1[N+](=O)[O-]. The van der Waals surface area contributed by atoms with Crippen LogP contribution in [0.2, 0.25) is 0 Å². The van der Waals surface area contributed by atoms with Crippen molar-refractivity contribution in [1.29, 1.82) is 0 Å². The lowest BCUT2D eigenvalue weighted by atomic mass is 10.3. The predicted octanol–water partition coefficient (Wildman–Crippen LogP) is 2.00. The van der Waals surface area contributed by atoms with Crippen molar-refractivity contribution >= 4 is 27.1 Å². The van der Waals surface area contributed by atoms with Crippen molar-refractivity contribution in [2.45, 2.75) is 17.1 Å². The second-order valence-corrected chi connectivity index (χ2v) is 6.22. The second kappa shape index (κ2) is 5.53. The number of nitrogens with zero attached hydrogens (tertiary/aromatic N) is 1. The summed E-state index contributed by atoms with van der Waals surface area (Å²) in [6, 6.07) is 3.90. The van der Waals surface area contributed by atoms with Gasteiger partial charge in [-0.2, -0.15) is 0 Å². The molecule has 6 nitrogen and oxygen atoms in total. The molecule has 0 fully saturated rings. The number of halogens is 1. The van der Waals surface area contributed by atoms with E-state index in [0.29, 0.717) is 0 Å². The van der Waals surface area contributed by atoms with Crippen LogP contribution in [-0.2, 0) is 9.84 Å². The number of methoxy groups -OCH3 is 1. The fraction of sp³-hybridized carbons (Fsp3) is 0.400. The van der Waals surface area contributed by atoms with E-state index < -0.39 is 25.7 Å². The Morgan fingerprint density at radius 2 is 2.11 bits per heavy atom. The molecule has 0 aromatic heterocycles. The summed E-state index contributed by atoms with van der Waals surface area (Å²) in [5, 5.41) is 10.1. The Balaban J connectivity index is 3.56. The van der Waals surface area contributed by atoms with Crippen LogP contribution in [0, 0.1) is 10.1 Å². The number of alkyl halides is 1. The summed E-state index contributed by atoms with van der Waals surface area (Å²) in [4.78, 5) is 9.84. The van der Waals surface area contributed by atoms with Crippen LogP contribution in [-0.4, -0.2) is 31.6 Å². The van der Waals surface area contributed by atoms with Crippen LogP contribution in [0.15, 0.2) is 23.1 Å². The van der Waals surface area contributed by atoms with Crippen molar-refractivity contribution < 1.29 is 18.1 Å². The molecule has 0 amide bonds. The number of hydrogen-bond donors (Lipinski definition) is 0. The van der Waals surface area contributed by atoms with E-state index >= 15 is 0 Å². The predicted molar refractivity (Wildman–Crippen MR) is 67.0 cm³/mol. The van der Waals surface area contributed by atoms with Gasteiger partial charge < -0.3 is 4.74 Å². The molecule has 0 saturated heterocycles. The van der Waals surface area contributed by atoms with Gasteiger partial charge >= 0.3 is 5.69 Å². The first-order valence-corrected chi connectivity index (χ1v) is 7.05. The van der Waals surface area contributed by atoms with Gasteiger partial charge in [0.1, 0.15) is 4.90 Å². The zero-order valence-corrected chi connectivity index (χ0v) is 11.4. The minimum Gasteiger partial charge on any atom is -0.490 e. The molecule has 0 spiro atoms. The van der Waals surface area contributed by atoms with E-state index in [1.165, 1.54) is 32.2 Å². The zero-order chi connectivity index (χ0) is 13.9. The summed E-state index contributed by atoms with van der Waals surface area (Å²) in [6.45, 7) is 1.39. The average molecular weight is 294 g/mol. The van der Waals surface area contributed by atoms with Crippen molar-refractivity contribution in [2.75, 3.05) is 13.0 Å². The molecule has 100 valence electrons. The number of ether oxygens (including phenoxy) is 1. The second-order valence-electron chi connectivity index (χ2n) is 3.57. The Kier molecular flexibility index (Phi) is 4.53. The van der Waals surface area contributed by atoms with E-state index in [0.717, 1.165) is 0 Å². The monoisotopic (exact) mass is 293 g/mol. The maximum Gasteiger partial charge on any atom is 0.329 e. The molecule has 0 radical (unpaired) electrons. The number of benzene rings is 1. The third-order valence-corrected chi connectivity index (χ3v) is 5.23. The summed E-state index contributed by atoms with van der Waals surface area (Å²) in [6.07, 6.45) is 0. The number of nitro benzene ring substituents is 1. The average Bonchev–Trinajstić information content (AvgIpc) is 2.36. The highest BCUT2D eigenvalue weighted by Crippen LogP contribution is 2.35. The molecular formula is C10H12ClNO5S. The number of sulfone groups is 1. The first kappa shape index (κ1) is 14.7. The lowest BCUT2D eigenvalue weighted by Crippen LogP contribution is -2.20. The Hall–Kier alpha value is -1.34. The summed E-state index contributed by atoms with van der Waals surface area (Å²) in [5.41, 5.74) is -0.558. The Morgan fingerprint density at radius 1 is 1.50 bits per heavy atom. The normalized spacial score (nSPS) is 13.1. The van der Waals surface area contributed by atoms with Gasteiger partial charge in [0.05, 0.1) is 17.3 Å². The molecule has 18 heavy (non-hydrogen) atoms. The molecule has 0 saturated carbocycles. The standard InChI is InChI=1S/C10H12ClNO5S/c1-7(6-11)18(15,16)9-5-3-4-8(17-2)10(9)12(13)14/h3-5,7H,6H2,1-2H3. The Morgan fingerprint density at radius 3 is 2.56 bits per heavy atom. The van der Waals surface area contributed by atoms with E-state index in [1.54, 1.807) is 0 Å². The number of hydrogen-bond acceptors (Lipinski definition) is 5. The quantitative estimate of drug-likeness (QED) is 0.471. The lowest BCUT2D eigenvalue weighted by molar-refractivity contribution is -0.388. The molecule has 0 aliphatic carbocycles. The van der Waals surface area contributed by atoms with Crippen molar-refractivity contribution in [1.82, 2.24) is 0 Å². The van der Waals surface area contributed by atoms with Gasteiger partial charge in [0.2, 0.25) is 0 Å². The Bertz CT molecular complexity index is 557. The minimum absolute atomic E-state index is 0.0946. The summed E-state index contributed by atoms with van der Waals surface area (Å²) in [5.74, 6) is -0.237. The van der Waals surface area contributed by atoms with E-state index in [4.69, 9.17) is 16.3 Å². The van der Waals surface area contributed by atoms with Crippen LogP contribution in [0.25, 0.3) is 0 Å². The van der Waals surface area contributed by atoms with Crippen LogP contribution in [0.4, 0.5) is 5.69 Å². The van der Waals surface area contributed by atoms with Gasteiger partial charge in [-0.15, -0.1) is 11.6 Å². The van der Waals surface area contributed by atoms with Crippen molar-refractivity contribution in [3.8, 4) is 5.75 Å². The minimum atomic E-state index is -3.85. The summed E-state index contributed by atoms with van der Waals surface area (Å²) < 4.78 is 29.0. The molecule has 0 heterocycles. The maximum atomic E-state index is 12.1. The first-order chi connectivity index (χ1) is 8.36. The number of para-hydroxylation sites is 1. The summed E-state index contributed by atoms with van der Waals surface area (Å²) in [7, 11) is -2.61. The van der Waals surface area contributed by atoms with Crippen molar-refractivity contribution in [3.63, 3.8) is 0 Å². The van der Waals surface area contributed by atoms with Gasteiger partial charge in [0, 0.05) is 5.88 Å². The summed E-state index contributed by atoms with van der Waals surface area (Å²) >= 11 is 5.51. The number of rotatable bonds is 5. The van der Waals surface area contributed by atoms with E-state index in [9.17, 15) is 18.5 Å². The first-order valence-electron chi connectivity index (χ1n) is 4.97. The van der Waals surface area contributed by atoms with Crippen molar-refractivity contribution in [2.24, 2.45) is 0 Å². The molecule has 1 unspecified atom stereocenters. The zero-order valence-electron chi connectivity index (χ0n) is 9.79. The van der Waals surface area contributed by atoms with Gasteiger partial charge in [-0.05, 0) is 19.1 Å². The highest BCUT2D eigenvalue weighted by molar-refractivity contribution is 7.92. The largest absolute Gasteiger partial charge is 0.490 e. The molecule has 1 aromatic carbocycles. The van der Waals surface area contributed by atoms with E-state index in [-0.39, 0.29) is 16.5 Å². The molecule has 8 heteroatoms. The molecule has 1 rings (SSSR count). The fourth-order valence-corrected chi connectivity index (χ4v) is 3.19. The molecule has 0 aliphatic rings. The number of nitro groups is 1. The molecule has 0 bridgehead atoms. The molecule has 0 N–H and O–H groups in total. The third-order valence-electron chi connectivity index (χ3n) is 2.42. The van der Waals surface area contributed by atoms with Crippen LogP contribution in [0.3, 0.4) is 0 Å². The van der Waals surface area contributed by atoms with Crippen LogP contribution >= 0.6 is 11.6 Å². The van der Waals surface area contributed by atoms with E-state index in [1.807, 2.05) is 0 Å². The lowest BCUT2D eigenvalue weighted by Gasteiger charge is -2.11. The van der Waals surface area contributed by atoms with Gasteiger partial charge in [0.15, 0.2) is 15.6 Å². The van der Waals surface area contributed by atoms with Crippen molar-refractivity contribution in [3.05, 3.63) is 28.3 Å². The fourth-order valence-electron chi connectivity index (χ4n) is 1.38. The highest BCUT2D eigenvalue weighted by atomic mass is 35.5. The van der Waals surface area contributed by atoms with Gasteiger partial charge in [-0.3, -0.25) is 10.1 Å². The topological polar surface area (TPSA) is 86.5 Å². The molecular weight excluding hydrogens is 282 g/mol. The van der Waals surface area contributed by atoms with Crippen LogP contribution in [0.5, 0.6) is 5.75 Å². The molecule has 0 aliphatic heterocycles. The molecule has 1 atom stereocenters. The smallest absolute Gasteiger partial charge is 0.329 e. The highest BCUT2D eigenvalue weighted by Gasteiger charge is 2.33. The van der Waals surface area contributed by atoms with Gasteiger partial charge in [-0.1, -0.05) is 6.07 Å². The molecule has 1 aromatic rings. The van der Waals surface area contributed by atoms with E-state index in [2.05, 4.69) is 0 Å². The maximum absolute atomic E-state index is 12.1. The third kappa shape index (κ3) is 2.56. The van der Waals surface area contributed by atoms with Gasteiger partial charge in [0.25, 0.3) is 0 Å². The van der Waals surface area contributed by atoms with Gasteiger partial charge in [-0.25, -0.2) is 8.42 Å². The van der Waals surface area contributed by atoms with Crippen LogP contribution < -0.4 is 4.74 Å².